The fraction of sp³-hybridized carbons (Fsp3) is 0.458. The third-order valence-corrected chi connectivity index (χ3v) is 7.80. The number of carbonyl (C=O) groups is 1. The number of halogens is 1. The molecule has 2 aromatic rings. The number of sulfonamides is 1. The van der Waals surface area contributed by atoms with Gasteiger partial charge in [0.2, 0.25) is 15.9 Å². The molecule has 0 spiro atoms. The van der Waals surface area contributed by atoms with E-state index in [1.807, 2.05) is 25.1 Å². The SMILES string of the molecule is CCOc1ccc(Cl)cc1S(=O)(=O)N1CCC[C@H](C(=O)N[C@H](C)CCc2ccccc2)C1. The Morgan fingerprint density at radius 3 is 2.72 bits per heavy atom. The maximum atomic E-state index is 13.3. The summed E-state index contributed by atoms with van der Waals surface area (Å²) in [6.45, 7) is 4.64. The van der Waals surface area contributed by atoms with Crippen LogP contribution in [0.1, 0.15) is 38.7 Å². The summed E-state index contributed by atoms with van der Waals surface area (Å²) >= 11 is 6.07. The van der Waals surface area contributed by atoms with Crippen molar-refractivity contribution in [3.05, 3.63) is 59.1 Å². The van der Waals surface area contributed by atoms with E-state index in [-0.39, 0.29) is 35.1 Å². The van der Waals surface area contributed by atoms with Crippen LogP contribution < -0.4 is 10.1 Å². The van der Waals surface area contributed by atoms with Gasteiger partial charge in [-0.1, -0.05) is 41.9 Å². The van der Waals surface area contributed by atoms with Crippen molar-refractivity contribution in [3.63, 3.8) is 0 Å². The molecule has 6 nitrogen and oxygen atoms in total. The van der Waals surface area contributed by atoms with E-state index in [9.17, 15) is 13.2 Å². The molecule has 2 atom stereocenters. The predicted molar refractivity (Wildman–Crippen MR) is 126 cm³/mol. The summed E-state index contributed by atoms with van der Waals surface area (Å²) in [5.41, 5.74) is 1.23. The second kappa shape index (κ2) is 11.2. The van der Waals surface area contributed by atoms with Gasteiger partial charge in [-0.15, -0.1) is 0 Å². The molecule has 1 fully saturated rings. The van der Waals surface area contributed by atoms with E-state index in [4.69, 9.17) is 16.3 Å². The van der Waals surface area contributed by atoms with Gasteiger partial charge < -0.3 is 10.1 Å². The number of nitrogens with one attached hydrogen (secondary N) is 1. The van der Waals surface area contributed by atoms with Gasteiger partial charge in [0.15, 0.2) is 0 Å². The average molecular weight is 479 g/mol. The van der Waals surface area contributed by atoms with Crippen LogP contribution in [0.4, 0.5) is 0 Å². The molecule has 0 radical (unpaired) electrons. The molecule has 0 saturated carbocycles. The van der Waals surface area contributed by atoms with Gasteiger partial charge in [0, 0.05) is 24.2 Å². The Balaban J connectivity index is 1.64. The normalized spacial score (nSPS) is 18.2. The minimum Gasteiger partial charge on any atom is -0.492 e. The van der Waals surface area contributed by atoms with Gasteiger partial charge in [-0.05, 0) is 63.3 Å². The molecule has 1 saturated heterocycles. The molecular formula is C24H31ClN2O4S. The van der Waals surface area contributed by atoms with Crippen LogP contribution in [0.5, 0.6) is 5.75 Å². The van der Waals surface area contributed by atoms with Crippen molar-refractivity contribution in [3.8, 4) is 5.75 Å². The minimum absolute atomic E-state index is 0.00664. The topological polar surface area (TPSA) is 75.7 Å². The second-order valence-electron chi connectivity index (χ2n) is 8.16. The van der Waals surface area contributed by atoms with Gasteiger partial charge >= 0.3 is 0 Å². The van der Waals surface area contributed by atoms with Gasteiger partial charge in [-0.25, -0.2) is 8.42 Å². The molecule has 1 aliphatic rings. The Bertz CT molecular complexity index is 1010. The van der Waals surface area contributed by atoms with Crippen LogP contribution in [-0.2, 0) is 21.2 Å². The van der Waals surface area contributed by atoms with Crippen molar-refractivity contribution < 1.29 is 17.9 Å². The number of ether oxygens (including phenoxy) is 1. The van der Waals surface area contributed by atoms with Crippen molar-refractivity contribution in [1.82, 2.24) is 9.62 Å². The van der Waals surface area contributed by atoms with E-state index in [0.29, 0.717) is 31.0 Å². The lowest BCUT2D eigenvalue weighted by atomic mass is 9.98. The summed E-state index contributed by atoms with van der Waals surface area (Å²) in [5.74, 6) is -0.202. The van der Waals surface area contributed by atoms with E-state index in [1.54, 1.807) is 19.1 Å². The number of nitrogens with zero attached hydrogens (tertiary/aromatic N) is 1. The number of rotatable bonds is 9. The number of hydrogen-bond donors (Lipinski definition) is 1. The molecule has 32 heavy (non-hydrogen) atoms. The van der Waals surface area contributed by atoms with Crippen LogP contribution in [-0.4, -0.2) is 44.4 Å². The molecule has 174 valence electrons. The predicted octanol–water partition coefficient (Wildman–Crippen LogP) is 4.28. The Kier molecular flexibility index (Phi) is 8.57. The molecule has 0 bridgehead atoms. The van der Waals surface area contributed by atoms with Gasteiger partial charge in [0.25, 0.3) is 0 Å². The summed E-state index contributed by atoms with van der Waals surface area (Å²) in [5, 5.41) is 3.39. The fourth-order valence-corrected chi connectivity index (χ4v) is 5.85. The Morgan fingerprint density at radius 2 is 2.00 bits per heavy atom. The summed E-state index contributed by atoms with van der Waals surface area (Å²) in [6, 6.07) is 14.7. The van der Waals surface area contributed by atoms with E-state index >= 15 is 0 Å². The van der Waals surface area contributed by atoms with Crippen LogP contribution in [0.25, 0.3) is 0 Å². The van der Waals surface area contributed by atoms with Gasteiger partial charge in [-0.2, -0.15) is 4.31 Å². The Hall–Kier alpha value is -2.09. The first-order chi connectivity index (χ1) is 15.3. The van der Waals surface area contributed by atoms with E-state index in [0.717, 1.165) is 12.8 Å². The van der Waals surface area contributed by atoms with Crippen molar-refractivity contribution in [1.29, 1.82) is 0 Å². The molecule has 2 aromatic carbocycles. The Morgan fingerprint density at radius 1 is 1.25 bits per heavy atom. The van der Waals surface area contributed by atoms with Crippen molar-refractivity contribution >= 4 is 27.5 Å². The molecule has 1 N–H and O–H groups in total. The molecule has 1 amide bonds. The van der Waals surface area contributed by atoms with Crippen molar-refractivity contribution in [2.45, 2.75) is 50.5 Å². The van der Waals surface area contributed by atoms with Crippen LogP contribution in [0.15, 0.2) is 53.4 Å². The number of hydrogen-bond acceptors (Lipinski definition) is 4. The van der Waals surface area contributed by atoms with Gasteiger partial charge in [-0.3, -0.25) is 4.79 Å². The van der Waals surface area contributed by atoms with Crippen LogP contribution in [0, 0.1) is 5.92 Å². The van der Waals surface area contributed by atoms with Gasteiger partial charge in [0.05, 0.1) is 12.5 Å². The zero-order valence-electron chi connectivity index (χ0n) is 18.6. The molecule has 1 aliphatic heterocycles. The molecule has 0 aliphatic carbocycles. The lowest BCUT2D eigenvalue weighted by molar-refractivity contribution is -0.126. The number of piperidine rings is 1. The quantitative estimate of drug-likeness (QED) is 0.583. The van der Waals surface area contributed by atoms with Gasteiger partial charge in [0.1, 0.15) is 10.6 Å². The highest BCUT2D eigenvalue weighted by molar-refractivity contribution is 7.89. The van der Waals surface area contributed by atoms with Crippen LogP contribution in [0.3, 0.4) is 0 Å². The molecule has 0 unspecified atom stereocenters. The van der Waals surface area contributed by atoms with E-state index in [1.165, 1.54) is 15.9 Å². The molecule has 3 rings (SSSR count). The summed E-state index contributed by atoms with van der Waals surface area (Å²) < 4.78 is 33.6. The summed E-state index contributed by atoms with van der Waals surface area (Å²) in [6.07, 6.45) is 2.99. The Labute approximate surface area is 196 Å². The maximum absolute atomic E-state index is 13.3. The molecule has 8 heteroatoms. The standard InChI is InChI=1S/C24H31ClN2O4S/c1-3-31-22-14-13-21(25)16-23(22)32(29,30)27-15-7-10-20(17-27)24(28)26-18(2)11-12-19-8-5-4-6-9-19/h4-6,8-9,13-14,16,18,20H,3,7,10-12,15,17H2,1-2H3,(H,26,28)/t18-,20+/m1/s1. The highest BCUT2D eigenvalue weighted by Crippen LogP contribution is 2.32. The lowest BCUT2D eigenvalue weighted by Gasteiger charge is -2.32. The van der Waals surface area contributed by atoms with E-state index < -0.39 is 10.0 Å². The van der Waals surface area contributed by atoms with Crippen LogP contribution >= 0.6 is 11.6 Å². The van der Waals surface area contributed by atoms with Crippen molar-refractivity contribution in [2.75, 3.05) is 19.7 Å². The summed E-state index contributed by atoms with van der Waals surface area (Å²) in [4.78, 5) is 12.9. The molecule has 1 heterocycles. The monoisotopic (exact) mass is 478 g/mol. The number of aryl methyl sites for hydroxylation is 1. The van der Waals surface area contributed by atoms with Crippen molar-refractivity contribution in [2.24, 2.45) is 5.92 Å². The number of carbonyl (C=O) groups excluding carboxylic acids is 1. The zero-order valence-corrected chi connectivity index (χ0v) is 20.2. The first kappa shape index (κ1) is 24.6. The number of amides is 1. The maximum Gasteiger partial charge on any atom is 0.246 e. The molecule has 0 aromatic heterocycles. The first-order valence-corrected chi connectivity index (χ1v) is 12.9. The van der Waals surface area contributed by atoms with Crippen LogP contribution in [0.2, 0.25) is 5.02 Å². The number of benzene rings is 2. The smallest absolute Gasteiger partial charge is 0.246 e. The largest absolute Gasteiger partial charge is 0.492 e. The highest BCUT2D eigenvalue weighted by atomic mass is 35.5. The average Bonchev–Trinajstić information content (AvgIpc) is 2.79. The first-order valence-electron chi connectivity index (χ1n) is 11.1. The van der Waals surface area contributed by atoms with E-state index in [2.05, 4.69) is 17.4 Å². The zero-order chi connectivity index (χ0) is 23.1. The summed E-state index contributed by atoms with van der Waals surface area (Å²) in [7, 11) is -3.83. The fourth-order valence-electron chi connectivity index (χ4n) is 3.93. The lowest BCUT2D eigenvalue weighted by Crippen LogP contribution is -2.47. The third-order valence-electron chi connectivity index (χ3n) is 5.68. The third kappa shape index (κ3) is 6.24. The molecular weight excluding hydrogens is 448 g/mol. The highest BCUT2D eigenvalue weighted by Gasteiger charge is 2.35. The minimum atomic E-state index is -3.83. The second-order valence-corrected chi connectivity index (χ2v) is 10.5.